The van der Waals surface area contributed by atoms with Gasteiger partial charge in [0.1, 0.15) is 0 Å². The van der Waals surface area contributed by atoms with E-state index in [-0.39, 0.29) is 4.90 Å². The minimum Gasteiger partial charge on any atom is -0.367 e. The zero-order valence-corrected chi connectivity index (χ0v) is 12.3. The average molecular weight is 371 g/mol. The molecule has 1 rings (SSSR count). The molecule has 4 nitrogen and oxygen atoms in total. The molecule has 0 unspecified atom stereocenters. The van der Waals surface area contributed by atoms with Crippen LogP contribution in [0.25, 0.3) is 0 Å². The Morgan fingerprint density at radius 3 is 2.06 bits per heavy atom. The van der Waals surface area contributed by atoms with Crippen LogP contribution in [-0.4, -0.2) is 16.9 Å². The molecule has 88 valence electrons. The number of carbonyl (C=O) groups is 1. The summed E-state index contributed by atoms with van der Waals surface area (Å²) in [6.45, 7) is 1.83. The van der Waals surface area contributed by atoms with E-state index in [1.54, 1.807) is 12.1 Å². The summed E-state index contributed by atoms with van der Waals surface area (Å²) in [5.41, 5.74) is 5.94. The average Bonchev–Trinajstić information content (AvgIpc) is 2.17. The zero-order chi connectivity index (χ0) is 12.6. The molecule has 16 heavy (non-hydrogen) atoms. The van der Waals surface area contributed by atoms with Gasteiger partial charge in [-0.1, -0.05) is 17.7 Å². The van der Waals surface area contributed by atoms with Gasteiger partial charge in [-0.3, -0.25) is 4.79 Å². The number of alkyl halides is 2. The van der Waals surface area contributed by atoms with Crippen LogP contribution in [0, 0.1) is 6.92 Å². The molecule has 1 aromatic carbocycles. The number of rotatable bonds is 3. The maximum absolute atomic E-state index is 12.0. The van der Waals surface area contributed by atoms with Gasteiger partial charge in [-0.25, -0.2) is 8.42 Å². The molecule has 0 saturated carbocycles. The van der Waals surface area contributed by atoms with E-state index in [4.69, 9.17) is 5.73 Å². The Kier molecular flexibility index (Phi) is 3.81. The van der Waals surface area contributed by atoms with Crippen LogP contribution in [0.1, 0.15) is 5.56 Å². The molecule has 0 aliphatic heterocycles. The highest BCUT2D eigenvalue weighted by atomic mass is 79.9. The van der Waals surface area contributed by atoms with E-state index in [1.165, 1.54) is 12.1 Å². The lowest BCUT2D eigenvalue weighted by atomic mass is 10.2. The predicted octanol–water partition coefficient (Wildman–Crippen LogP) is 1.70. The lowest BCUT2D eigenvalue weighted by Gasteiger charge is -2.17. The summed E-state index contributed by atoms with van der Waals surface area (Å²) in [6.07, 6.45) is 0. The number of primary amides is 1. The third kappa shape index (κ3) is 2.31. The maximum atomic E-state index is 12.0. The number of nitrogens with two attached hydrogens (primary N) is 1. The molecule has 0 bridgehead atoms. The summed E-state index contributed by atoms with van der Waals surface area (Å²) in [7, 11) is -3.90. The first-order valence-electron chi connectivity index (χ1n) is 4.18. The standard InChI is InChI=1S/C9H9Br2NO3S/c1-6-2-4-7(5-3-6)16(14,15)9(10,11)8(12)13/h2-5H,1H3,(H2,12,13). The molecule has 0 spiro atoms. The lowest BCUT2D eigenvalue weighted by Crippen LogP contribution is -2.39. The van der Waals surface area contributed by atoms with Crippen molar-refractivity contribution < 1.29 is 13.2 Å². The van der Waals surface area contributed by atoms with Gasteiger partial charge in [0, 0.05) is 0 Å². The van der Waals surface area contributed by atoms with Gasteiger partial charge >= 0.3 is 0 Å². The van der Waals surface area contributed by atoms with Gasteiger partial charge in [0.25, 0.3) is 8.47 Å². The third-order valence-corrected chi connectivity index (χ3v) is 7.06. The first kappa shape index (κ1) is 13.7. The highest BCUT2D eigenvalue weighted by Crippen LogP contribution is 2.37. The highest BCUT2D eigenvalue weighted by molar-refractivity contribution is 9.28. The van der Waals surface area contributed by atoms with Crippen molar-refractivity contribution in [2.75, 3.05) is 0 Å². The van der Waals surface area contributed by atoms with E-state index in [1.807, 2.05) is 6.92 Å². The molecule has 2 N–H and O–H groups in total. The topological polar surface area (TPSA) is 77.2 Å². The van der Waals surface area contributed by atoms with Crippen molar-refractivity contribution in [3.8, 4) is 0 Å². The summed E-state index contributed by atoms with van der Waals surface area (Å²) < 4.78 is 22.1. The maximum Gasteiger partial charge on any atom is 0.262 e. The second kappa shape index (κ2) is 4.46. The van der Waals surface area contributed by atoms with Gasteiger partial charge in [-0.15, -0.1) is 0 Å². The van der Waals surface area contributed by atoms with Gasteiger partial charge in [0.15, 0.2) is 0 Å². The fourth-order valence-corrected chi connectivity index (χ4v) is 3.17. The smallest absolute Gasteiger partial charge is 0.262 e. The molecule has 0 aliphatic rings. The van der Waals surface area contributed by atoms with Crippen molar-refractivity contribution >= 4 is 47.6 Å². The number of carbonyl (C=O) groups excluding carboxylic acids is 1. The highest BCUT2D eigenvalue weighted by Gasteiger charge is 2.45. The Balaban J connectivity index is 3.33. The van der Waals surface area contributed by atoms with Gasteiger partial charge < -0.3 is 5.73 Å². The van der Waals surface area contributed by atoms with Crippen molar-refractivity contribution in [3.63, 3.8) is 0 Å². The molecule has 0 heterocycles. The molecule has 1 aromatic rings. The quantitative estimate of drug-likeness (QED) is 0.822. The normalized spacial score (nSPS) is 12.4. The summed E-state index contributed by atoms with van der Waals surface area (Å²) in [6, 6.07) is 6.13. The van der Waals surface area contributed by atoms with Crippen molar-refractivity contribution in [3.05, 3.63) is 29.8 Å². The molecule has 0 radical (unpaired) electrons. The fourth-order valence-electron chi connectivity index (χ4n) is 0.998. The molecule has 0 aromatic heterocycles. The van der Waals surface area contributed by atoms with Crippen LogP contribution in [0.15, 0.2) is 29.2 Å². The van der Waals surface area contributed by atoms with Gasteiger partial charge in [0.05, 0.1) is 4.90 Å². The molecule has 0 saturated heterocycles. The second-order valence-electron chi connectivity index (χ2n) is 3.20. The molecule has 1 amide bonds. The number of hydrogen-bond donors (Lipinski definition) is 1. The summed E-state index contributed by atoms with van der Waals surface area (Å²) in [5.74, 6) is -1.02. The Morgan fingerprint density at radius 2 is 1.69 bits per heavy atom. The summed E-state index contributed by atoms with van der Waals surface area (Å²) in [4.78, 5) is 11.1. The fraction of sp³-hybridized carbons (Fsp3) is 0.222. The number of benzene rings is 1. The van der Waals surface area contributed by atoms with Crippen LogP contribution < -0.4 is 5.73 Å². The van der Waals surface area contributed by atoms with Crippen LogP contribution in [0.3, 0.4) is 0 Å². The summed E-state index contributed by atoms with van der Waals surface area (Å²) >= 11 is 5.55. The minimum absolute atomic E-state index is 0.0191. The van der Waals surface area contributed by atoms with Crippen molar-refractivity contribution in [1.29, 1.82) is 0 Å². The van der Waals surface area contributed by atoms with Gasteiger partial charge in [-0.05, 0) is 50.9 Å². The number of hydrogen-bond acceptors (Lipinski definition) is 3. The van der Waals surface area contributed by atoms with E-state index in [2.05, 4.69) is 31.9 Å². The largest absolute Gasteiger partial charge is 0.367 e. The van der Waals surface area contributed by atoms with Crippen LogP contribution in [0.4, 0.5) is 0 Å². The number of sulfone groups is 1. The van der Waals surface area contributed by atoms with Crippen LogP contribution >= 0.6 is 31.9 Å². The van der Waals surface area contributed by atoms with Crippen molar-refractivity contribution in [1.82, 2.24) is 0 Å². The zero-order valence-electron chi connectivity index (χ0n) is 8.28. The van der Waals surface area contributed by atoms with E-state index >= 15 is 0 Å². The Morgan fingerprint density at radius 1 is 1.25 bits per heavy atom. The lowest BCUT2D eigenvalue weighted by molar-refractivity contribution is -0.116. The Hall–Kier alpha value is -0.400. The minimum atomic E-state index is -3.90. The molecule has 0 atom stereocenters. The second-order valence-corrected chi connectivity index (χ2v) is 9.78. The summed E-state index contributed by atoms with van der Waals surface area (Å²) in [5, 5.41) is 0. The van der Waals surface area contributed by atoms with Crippen LogP contribution in [0.2, 0.25) is 0 Å². The van der Waals surface area contributed by atoms with E-state index < -0.39 is 18.3 Å². The van der Waals surface area contributed by atoms with Crippen molar-refractivity contribution in [2.24, 2.45) is 5.73 Å². The van der Waals surface area contributed by atoms with Gasteiger partial charge in [-0.2, -0.15) is 0 Å². The first-order valence-corrected chi connectivity index (χ1v) is 7.25. The molecular formula is C9H9Br2NO3S. The SMILES string of the molecule is Cc1ccc(S(=O)(=O)C(Br)(Br)C(N)=O)cc1. The van der Waals surface area contributed by atoms with E-state index in [0.717, 1.165) is 5.56 Å². The first-order chi connectivity index (χ1) is 7.19. The van der Waals surface area contributed by atoms with Gasteiger partial charge in [0.2, 0.25) is 9.84 Å². The van der Waals surface area contributed by atoms with E-state index in [9.17, 15) is 13.2 Å². The number of aryl methyl sites for hydroxylation is 1. The van der Waals surface area contributed by atoms with E-state index in [0.29, 0.717) is 0 Å². The molecule has 0 aliphatic carbocycles. The Bertz CT molecular complexity index is 508. The molecular weight excluding hydrogens is 362 g/mol. The third-order valence-electron chi connectivity index (χ3n) is 1.96. The molecule has 7 heteroatoms. The number of halogens is 2. The van der Waals surface area contributed by atoms with Crippen LogP contribution in [-0.2, 0) is 14.6 Å². The van der Waals surface area contributed by atoms with Crippen LogP contribution in [0.5, 0.6) is 0 Å². The van der Waals surface area contributed by atoms with Crippen molar-refractivity contribution in [2.45, 2.75) is 14.4 Å². The predicted molar refractivity (Wildman–Crippen MR) is 68.1 cm³/mol. The molecule has 0 fully saturated rings. The monoisotopic (exact) mass is 369 g/mol. The number of amides is 1. The Labute approximate surface area is 110 Å².